The van der Waals surface area contributed by atoms with Gasteiger partial charge in [-0.15, -0.1) is 0 Å². The summed E-state index contributed by atoms with van der Waals surface area (Å²) < 4.78 is 9.94. The molecule has 1 aromatic rings. The lowest BCUT2D eigenvalue weighted by atomic mass is 10.1. The zero-order valence-electron chi connectivity index (χ0n) is 8.41. The van der Waals surface area contributed by atoms with Crippen LogP contribution >= 0.6 is 11.6 Å². The number of hydrogen-bond acceptors (Lipinski definition) is 4. The molecule has 0 bridgehead atoms. The van der Waals surface area contributed by atoms with Crippen LogP contribution in [0, 0.1) is 0 Å². The summed E-state index contributed by atoms with van der Waals surface area (Å²) in [5.41, 5.74) is 0.251. The van der Waals surface area contributed by atoms with Crippen LogP contribution in [0.25, 0.3) is 0 Å². The van der Waals surface area contributed by atoms with Gasteiger partial charge in [0.1, 0.15) is 18.1 Å². The van der Waals surface area contributed by atoms with Crippen LogP contribution in [-0.4, -0.2) is 31.7 Å². The molecule has 1 N–H and O–H groups in total. The van der Waals surface area contributed by atoms with Crippen molar-refractivity contribution in [2.75, 3.05) is 20.8 Å². The normalized spacial score (nSPS) is 9.87. The molecule has 0 unspecified atom stereocenters. The van der Waals surface area contributed by atoms with Crippen LogP contribution in [0.4, 0.5) is 0 Å². The van der Waals surface area contributed by atoms with Crippen molar-refractivity contribution in [2.24, 2.45) is 0 Å². The minimum atomic E-state index is -0.582. The lowest BCUT2D eigenvalue weighted by Crippen LogP contribution is -2.07. The number of hydrogen-bond donors (Lipinski definition) is 1. The summed E-state index contributed by atoms with van der Waals surface area (Å²) in [6, 6.07) is 2.92. The molecule has 82 valence electrons. The van der Waals surface area contributed by atoms with E-state index < -0.39 is 12.4 Å². The van der Waals surface area contributed by atoms with Gasteiger partial charge in [-0.3, -0.25) is 4.79 Å². The highest BCUT2D eigenvalue weighted by Crippen LogP contribution is 2.32. The third kappa shape index (κ3) is 2.40. The third-order valence-electron chi connectivity index (χ3n) is 1.92. The second kappa shape index (κ2) is 5.00. The Morgan fingerprint density at radius 1 is 1.33 bits per heavy atom. The zero-order chi connectivity index (χ0) is 11.4. The van der Waals surface area contributed by atoms with E-state index in [0.29, 0.717) is 16.5 Å². The summed E-state index contributed by atoms with van der Waals surface area (Å²) in [6.45, 7) is -0.582. The Labute approximate surface area is 92.4 Å². The molecule has 5 heteroatoms. The molecule has 1 rings (SSSR count). The van der Waals surface area contributed by atoms with Gasteiger partial charge < -0.3 is 14.6 Å². The monoisotopic (exact) mass is 230 g/mol. The van der Waals surface area contributed by atoms with Crippen LogP contribution < -0.4 is 9.47 Å². The SMILES string of the molecule is COc1cc(C(=O)CO)c(OC)cc1Cl. The van der Waals surface area contributed by atoms with E-state index in [4.69, 9.17) is 26.2 Å². The van der Waals surface area contributed by atoms with Gasteiger partial charge in [-0.2, -0.15) is 0 Å². The van der Waals surface area contributed by atoms with Crippen LogP contribution in [-0.2, 0) is 0 Å². The van der Waals surface area contributed by atoms with Gasteiger partial charge in [-0.05, 0) is 6.07 Å². The number of ketones is 1. The van der Waals surface area contributed by atoms with Gasteiger partial charge in [0.05, 0.1) is 24.8 Å². The van der Waals surface area contributed by atoms with Crippen molar-refractivity contribution in [2.45, 2.75) is 0 Å². The number of aliphatic hydroxyl groups is 1. The van der Waals surface area contributed by atoms with Gasteiger partial charge in [-0.1, -0.05) is 11.6 Å². The highest BCUT2D eigenvalue weighted by molar-refractivity contribution is 6.32. The number of aliphatic hydroxyl groups excluding tert-OH is 1. The van der Waals surface area contributed by atoms with E-state index in [2.05, 4.69) is 0 Å². The summed E-state index contributed by atoms with van der Waals surface area (Å²) in [6.07, 6.45) is 0. The van der Waals surface area contributed by atoms with Crippen molar-refractivity contribution in [1.29, 1.82) is 0 Å². The number of halogens is 1. The number of benzene rings is 1. The molecular formula is C10H11ClO4. The number of rotatable bonds is 4. The smallest absolute Gasteiger partial charge is 0.192 e. The molecule has 0 saturated carbocycles. The van der Waals surface area contributed by atoms with E-state index in [1.54, 1.807) is 0 Å². The molecule has 0 aliphatic carbocycles. The number of Topliss-reactive ketones (excluding diaryl/α,β-unsaturated/α-hetero) is 1. The lowest BCUT2D eigenvalue weighted by Gasteiger charge is -2.10. The zero-order valence-corrected chi connectivity index (χ0v) is 9.17. The first-order valence-electron chi connectivity index (χ1n) is 4.19. The minimum absolute atomic E-state index is 0.251. The van der Waals surface area contributed by atoms with Gasteiger partial charge >= 0.3 is 0 Å². The lowest BCUT2D eigenvalue weighted by molar-refractivity contribution is 0.0900. The molecule has 0 atom stereocenters. The summed E-state index contributed by atoms with van der Waals surface area (Å²) >= 11 is 5.85. The molecule has 0 radical (unpaired) electrons. The van der Waals surface area contributed by atoms with Crippen molar-refractivity contribution < 1.29 is 19.4 Å². The fourth-order valence-corrected chi connectivity index (χ4v) is 1.39. The maximum absolute atomic E-state index is 11.3. The second-order valence-corrected chi connectivity index (χ2v) is 3.18. The molecule has 1 aromatic carbocycles. The van der Waals surface area contributed by atoms with Crippen LogP contribution in [0.1, 0.15) is 10.4 Å². The molecule has 0 heterocycles. The van der Waals surface area contributed by atoms with E-state index in [9.17, 15) is 4.79 Å². The van der Waals surface area contributed by atoms with Crippen molar-refractivity contribution in [1.82, 2.24) is 0 Å². The Balaban J connectivity index is 3.28. The molecule has 0 saturated heterocycles. The summed E-state index contributed by atoms with van der Waals surface area (Å²) in [5.74, 6) is 0.246. The Morgan fingerprint density at radius 2 is 1.93 bits per heavy atom. The van der Waals surface area contributed by atoms with E-state index in [-0.39, 0.29) is 5.56 Å². The predicted molar refractivity (Wildman–Crippen MR) is 56.0 cm³/mol. The van der Waals surface area contributed by atoms with Gasteiger partial charge in [0.25, 0.3) is 0 Å². The van der Waals surface area contributed by atoms with E-state index >= 15 is 0 Å². The van der Waals surface area contributed by atoms with Crippen LogP contribution in [0.15, 0.2) is 12.1 Å². The number of ether oxygens (including phenoxy) is 2. The quantitative estimate of drug-likeness (QED) is 0.797. The first-order valence-corrected chi connectivity index (χ1v) is 4.57. The fourth-order valence-electron chi connectivity index (χ4n) is 1.16. The summed E-state index contributed by atoms with van der Waals surface area (Å²) in [7, 11) is 2.87. The van der Waals surface area contributed by atoms with Gasteiger partial charge in [-0.25, -0.2) is 0 Å². The van der Waals surface area contributed by atoms with E-state index in [1.807, 2.05) is 0 Å². The van der Waals surface area contributed by atoms with Gasteiger partial charge in [0.15, 0.2) is 5.78 Å². The van der Waals surface area contributed by atoms with Crippen molar-refractivity contribution in [3.63, 3.8) is 0 Å². The van der Waals surface area contributed by atoms with Gasteiger partial charge in [0, 0.05) is 6.07 Å². The topological polar surface area (TPSA) is 55.8 Å². The minimum Gasteiger partial charge on any atom is -0.496 e. The third-order valence-corrected chi connectivity index (χ3v) is 2.21. The van der Waals surface area contributed by atoms with E-state index in [1.165, 1.54) is 26.4 Å². The summed E-state index contributed by atoms with van der Waals surface area (Å²) in [4.78, 5) is 11.3. The van der Waals surface area contributed by atoms with Crippen LogP contribution in [0.3, 0.4) is 0 Å². The van der Waals surface area contributed by atoms with Crippen molar-refractivity contribution >= 4 is 17.4 Å². The van der Waals surface area contributed by atoms with Crippen LogP contribution in [0.5, 0.6) is 11.5 Å². The highest BCUT2D eigenvalue weighted by atomic mass is 35.5. The van der Waals surface area contributed by atoms with Crippen molar-refractivity contribution in [3.8, 4) is 11.5 Å². The molecule has 4 nitrogen and oxygen atoms in total. The summed E-state index contributed by atoms with van der Waals surface area (Å²) in [5, 5.41) is 9.11. The fraction of sp³-hybridized carbons (Fsp3) is 0.300. The molecular weight excluding hydrogens is 220 g/mol. The van der Waals surface area contributed by atoms with Crippen molar-refractivity contribution in [3.05, 3.63) is 22.7 Å². The predicted octanol–water partition coefficient (Wildman–Crippen LogP) is 1.53. The molecule has 0 spiro atoms. The van der Waals surface area contributed by atoms with Crippen LogP contribution in [0.2, 0.25) is 5.02 Å². The Hall–Kier alpha value is -1.26. The maximum atomic E-state index is 11.3. The second-order valence-electron chi connectivity index (χ2n) is 2.77. The molecule has 15 heavy (non-hydrogen) atoms. The highest BCUT2D eigenvalue weighted by Gasteiger charge is 2.15. The molecule has 0 fully saturated rings. The Kier molecular flexibility index (Phi) is 3.94. The Morgan fingerprint density at radius 3 is 2.40 bits per heavy atom. The standard InChI is InChI=1S/C10H11ClO4/c1-14-9-4-7(11)10(15-2)3-6(9)8(13)5-12/h3-4,12H,5H2,1-2H3. The first-order chi connectivity index (χ1) is 7.13. The molecule has 0 aromatic heterocycles. The van der Waals surface area contributed by atoms with E-state index in [0.717, 1.165) is 0 Å². The first kappa shape index (κ1) is 11.8. The Bertz CT molecular complexity index is 376. The average Bonchev–Trinajstić information content (AvgIpc) is 2.27. The number of carbonyl (C=O) groups is 1. The number of methoxy groups -OCH3 is 2. The molecule has 0 aliphatic heterocycles. The maximum Gasteiger partial charge on any atom is 0.192 e. The largest absolute Gasteiger partial charge is 0.496 e. The average molecular weight is 231 g/mol. The molecule has 0 aliphatic rings. The van der Waals surface area contributed by atoms with Gasteiger partial charge in [0.2, 0.25) is 0 Å². The molecule has 0 amide bonds. The number of carbonyl (C=O) groups excluding carboxylic acids is 1.